The number of aromatic nitrogens is 1. The van der Waals surface area contributed by atoms with Gasteiger partial charge in [-0.15, -0.1) is 0 Å². The van der Waals surface area contributed by atoms with E-state index in [1.807, 2.05) is 30.3 Å². The van der Waals surface area contributed by atoms with Crippen molar-refractivity contribution >= 4 is 27.6 Å². The maximum Gasteiger partial charge on any atom is 0.246 e. The molecular formula is C13H13NO2S. The average molecular weight is 247 g/mol. The largest absolute Gasteiger partial charge is 0.286 e. The smallest absolute Gasteiger partial charge is 0.246 e. The molecule has 2 unspecified atom stereocenters. The van der Waals surface area contributed by atoms with Gasteiger partial charge in [0.05, 0.1) is 5.52 Å². The summed E-state index contributed by atoms with van der Waals surface area (Å²) in [5.41, 5.74) is 0.904. The lowest BCUT2D eigenvalue weighted by molar-refractivity contribution is 0.0913. The van der Waals surface area contributed by atoms with Crippen LogP contribution in [0.3, 0.4) is 0 Å². The summed E-state index contributed by atoms with van der Waals surface area (Å²) in [6.45, 7) is 0. The molecule has 0 bridgehead atoms. The van der Waals surface area contributed by atoms with Gasteiger partial charge in [-0.05, 0) is 25.0 Å². The summed E-state index contributed by atoms with van der Waals surface area (Å²) in [7, 11) is -0.989. The normalized spacial score (nSPS) is 24.2. The molecule has 1 aromatic heterocycles. The van der Waals surface area contributed by atoms with Crippen LogP contribution in [0, 0.1) is 0 Å². The lowest BCUT2D eigenvalue weighted by atomic mass is 10.2. The van der Waals surface area contributed by atoms with Crippen LogP contribution in [0.4, 0.5) is 0 Å². The Bertz CT molecular complexity index is 602. The van der Waals surface area contributed by atoms with Crippen LogP contribution in [0.2, 0.25) is 0 Å². The monoisotopic (exact) mass is 247 g/mol. The Morgan fingerprint density at radius 1 is 1.29 bits per heavy atom. The van der Waals surface area contributed by atoms with E-state index in [0.29, 0.717) is 5.75 Å². The zero-order valence-electron chi connectivity index (χ0n) is 9.33. The highest BCUT2D eigenvalue weighted by Crippen LogP contribution is 2.21. The van der Waals surface area contributed by atoms with Gasteiger partial charge in [0.15, 0.2) is 0 Å². The third-order valence-electron chi connectivity index (χ3n) is 3.24. The number of hydrogen-bond acceptors (Lipinski definition) is 2. The van der Waals surface area contributed by atoms with Gasteiger partial charge in [0.25, 0.3) is 0 Å². The molecule has 0 amide bonds. The van der Waals surface area contributed by atoms with Gasteiger partial charge in [-0.2, -0.15) is 0 Å². The Labute approximate surface area is 102 Å². The number of carbonyl (C=O) groups is 1. The molecule has 3 rings (SSSR count). The van der Waals surface area contributed by atoms with Gasteiger partial charge in [0, 0.05) is 28.1 Å². The van der Waals surface area contributed by atoms with Crippen molar-refractivity contribution in [3.63, 3.8) is 0 Å². The summed E-state index contributed by atoms with van der Waals surface area (Å²) < 4.78 is 13.4. The van der Waals surface area contributed by atoms with Crippen LogP contribution in [0.25, 0.3) is 10.9 Å². The van der Waals surface area contributed by atoms with Crippen LogP contribution in [0.5, 0.6) is 0 Å². The van der Waals surface area contributed by atoms with E-state index in [1.165, 1.54) is 0 Å². The average Bonchev–Trinajstić information content (AvgIpc) is 2.94. The molecular weight excluding hydrogens is 234 g/mol. The fourth-order valence-electron chi connectivity index (χ4n) is 2.35. The Morgan fingerprint density at radius 2 is 2.12 bits per heavy atom. The minimum absolute atomic E-state index is 0.0259. The third kappa shape index (κ3) is 1.72. The van der Waals surface area contributed by atoms with Crippen LogP contribution < -0.4 is 0 Å². The number of carbonyl (C=O) groups excluding carboxylic acids is 1. The van der Waals surface area contributed by atoms with E-state index in [2.05, 4.69) is 0 Å². The van der Waals surface area contributed by atoms with E-state index in [-0.39, 0.29) is 11.2 Å². The fourth-order valence-corrected chi connectivity index (χ4v) is 3.85. The summed E-state index contributed by atoms with van der Waals surface area (Å²) in [6.07, 6.45) is 3.42. The highest BCUT2D eigenvalue weighted by molar-refractivity contribution is 7.86. The Balaban J connectivity index is 2.04. The first kappa shape index (κ1) is 10.7. The van der Waals surface area contributed by atoms with Crippen molar-refractivity contribution in [3.8, 4) is 0 Å². The molecule has 0 N–H and O–H groups in total. The number of rotatable bonds is 1. The second kappa shape index (κ2) is 4.11. The van der Waals surface area contributed by atoms with Crippen molar-refractivity contribution in [2.45, 2.75) is 18.1 Å². The summed E-state index contributed by atoms with van der Waals surface area (Å²) in [6, 6.07) is 9.68. The first-order valence-electron chi connectivity index (χ1n) is 5.75. The Hall–Kier alpha value is -1.42. The summed E-state index contributed by atoms with van der Waals surface area (Å²) in [5, 5.41) is 0.732. The molecule has 2 atom stereocenters. The molecule has 17 heavy (non-hydrogen) atoms. The number of benzene rings is 1. The van der Waals surface area contributed by atoms with Gasteiger partial charge in [-0.25, -0.2) is 0 Å². The van der Waals surface area contributed by atoms with Gasteiger partial charge >= 0.3 is 0 Å². The van der Waals surface area contributed by atoms with Gasteiger partial charge in [-0.1, -0.05) is 18.2 Å². The van der Waals surface area contributed by atoms with E-state index in [1.54, 1.807) is 10.8 Å². The van der Waals surface area contributed by atoms with Crippen molar-refractivity contribution < 1.29 is 9.00 Å². The van der Waals surface area contributed by atoms with Gasteiger partial charge < -0.3 is 0 Å². The third-order valence-corrected chi connectivity index (χ3v) is 5.00. The standard InChI is InChI=1S/C13H13NO2S/c15-13(12-6-3-9-17(12)16)14-8-7-10-4-1-2-5-11(10)14/h1-2,4-5,7-8,12H,3,6,9H2. The van der Waals surface area contributed by atoms with Crippen LogP contribution in [0.1, 0.15) is 17.6 Å². The molecule has 2 aromatic rings. The quantitative estimate of drug-likeness (QED) is 0.775. The molecule has 1 aliphatic heterocycles. The van der Waals surface area contributed by atoms with Crippen LogP contribution in [0.15, 0.2) is 36.5 Å². The van der Waals surface area contributed by atoms with Crippen LogP contribution >= 0.6 is 0 Å². The molecule has 0 spiro atoms. The number of para-hydroxylation sites is 1. The summed E-state index contributed by atoms with van der Waals surface area (Å²) in [5.74, 6) is 0.636. The number of hydrogen-bond donors (Lipinski definition) is 0. The molecule has 1 aromatic carbocycles. The van der Waals surface area contributed by atoms with E-state index in [4.69, 9.17) is 0 Å². The molecule has 1 aliphatic rings. The lowest BCUT2D eigenvalue weighted by Gasteiger charge is -2.09. The van der Waals surface area contributed by atoms with E-state index in [9.17, 15) is 9.00 Å². The van der Waals surface area contributed by atoms with Crippen molar-refractivity contribution in [3.05, 3.63) is 36.5 Å². The van der Waals surface area contributed by atoms with Gasteiger partial charge in [0.1, 0.15) is 5.25 Å². The summed E-state index contributed by atoms with van der Waals surface area (Å²) in [4.78, 5) is 12.3. The minimum atomic E-state index is -0.989. The van der Waals surface area contributed by atoms with E-state index >= 15 is 0 Å². The first-order chi connectivity index (χ1) is 8.27. The van der Waals surface area contributed by atoms with Gasteiger partial charge in [-0.3, -0.25) is 13.6 Å². The Morgan fingerprint density at radius 3 is 2.88 bits per heavy atom. The highest BCUT2D eigenvalue weighted by atomic mass is 32.2. The SMILES string of the molecule is O=C(C1CCCS1=O)n1ccc2ccccc21. The maximum atomic E-state index is 12.3. The molecule has 0 saturated carbocycles. The zero-order chi connectivity index (χ0) is 11.8. The summed E-state index contributed by atoms with van der Waals surface area (Å²) >= 11 is 0. The maximum absolute atomic E-state index is 12.3. The molecule has 4 heteroatoms. The van der Waals surface area contributed by atoms with Crippen molar-refractivity contribution in [2.75, 3.05) is 5.75 Å². The molecule has 88 valence electrons. The second-order valence-electron chi connectivity index (χ2n) is 4.30. The van der Waals surface area contributed by atoms with Crippen molar-refractivity contribution in [1.29, 1.82) is 0 Å². The van der Waals surface area contributed by atoms with Crippen LogP contribution in [-0.4, -0.2) is 25.7 Å². The van der Waals surface area contributed by atoms with Crippen LogP contribution in [-0.2, 0) is 10.8 Å². The first-order valence-corrected chi connectivity index (χ1v) is 7.13. The predicted octanol–water partition coefficient (Wildman–Crippen LogP) is 2.19. The van der Waals surface area contributed by atoms with Gasteiger partial charge in [0.2, 0.25) is 5.91 Å². The van der Waals surface area contributed by atoms with E-state index < -0.39 is 10.8 Å². The van der Waals surface area contributed by atoms with Crippen molar-refractivity contribution in [2.24, 2.45) is 0 Å². The van der Waals surface area contributed by atoms with E-state index in [0.717, 1.165) is 23.7 Å². The second-order valence-corrected chi connectivity index (χ2v) is 6.04. The zero-order valence-corrected chi connectivity index (χ0v) is 10.2. The number of nitrogens with zero attached hydrogens (tertiary/aromatic N) is 1. The Kier molecular flexibility index (Phi) is 2.59. The molecule has 3 nitrogen and oxygen atoms in total. The minimum Gasteiger partial charge on any atom is -0.286 e. The predicted molar refractivity (Wildman–Crippen MR) is 68.6 cm³/mol. The molecule has 1 fully saturated rings. The topological polar surface area (TPSA) is 39.1 Å². The van der Waals surface area contributed by atoms with Crippen molar-refractivity contribution in [1.82, 2.24) is 4.57 Å². The molecule has 0 aliphatic carbocycles. The molecule has 0 radical (unpaired) electrons. The lowest BCUT2D eigenvalue weighted by Crippen LogP contribution is -2.27. The molecule has 2 heterocycles. The fraction of sp³-hybridized carbons (Fsp3) is 0.308. The molecule has 1 saturated heterocycles. The highest BCUT2D eigenvalue weighted by Gasteiger charge is 2.31. The number of fused-ring (bicyclic) bond motifs is 1.